The largest absolute Gasteiger partial charge is 0.466 e. The van der Waals surface area contributed by atoms with Gasteiger partial charge in [0.05, 0.1) is 6.61 Å². The van der Waals surface area contributed by atoms with E-state index in [1.54, 1.807) is 0 Å². The Labute approximate surface area is 140 Å². The summed E-state index contributed by atoms with van der Waals surface area (Å²) in [5.41, 5.74) is 0.932. The summed E-state index contributed by atoms with van der Waals surface area (Å²) in [6.07, 6.45) is 2.49. The molecule has 0 N–H and O–H groups in total. The summed E-state index contributed by atoms with van der Waals surface area (Å²) in [5.74, 6) is -0.546. The molecule has 0 aromatic heterocycles. The van der Waals surface area contributed by atoms with E-state index in [9.17, 15) is 9.59 Å². The number of ether oxygens (including phenoxy) is 2. The van der Waals surface area contributed by atoms with Crippen LogP contribution < -0.4 is 0 Å². The summed E-state index contributed by atoms with van der Waals surface area (Å²) in [5, 5.41) is 0. The van der Waals surface area contributed by atoms with Crippen molar-refractivity contribution in [2.24, 2.45) is 0 Å². The lowest BCUT2D eigenvalue weighted by Gasteiger charge is -2.13. The second-order valence-electron chi connectivity index (χ2n) is 5.11. The smallest absolute Gasteiger partial charge is 0.306 e. The molecule has 5 heteroatoms. The van der Waals surface area contributed by atoms with Crippen molar-refractivity contribution in [2.45, 2.75) is 52.1 Å². The Balaban J connectivity index is 2.24. The zero-order valence-corrected chi connectivity index (χ0v) is 14.7. The van der Waals surface area contributed by atoms with Crippen LogP contribution in [-0.4, -0.2) is 18.5 Å². The Bertz CT molecular complexity index is 487. The molecule has 0 bridgehead atoms. The molecule has 0 spiro atoms. The number of esters is 2. The molecule has 0 aliphatic rings. The van der Waals surface area contributed by atoms with E-state index in [1.807, 2.05) is 38.1 Å². The lowest BCUT2D eigenvalue weighted by Crippen LogP contribution is -2.10. The number of hydrogen-bond donors (Lipinski definition) is 0. The average Bonchev–Trinajstić information content (AvgIpc) is 2.47. The van der Waals surface area contributed by atoms with E-state index in [1.165, 1.54) is 0 Å². The number of rotatable bonds is 9. The highest BCUT2D eigenvalue weighted by Crippen LogP contribution is 2.21. The van der Waals surface area contributed by atoms with Gasteiger partial charge < -0.3 is 9.47 Å². The van der Waals surface area contributed by atoms with Crippen LogP contribution in [0.5, 0.6) is 0 Å². The van der Waals surface area contributed by atoms with Gasteiger partial charge in [-0.3, -0.25) is 9.59 Å². The molecule has 122 valence electrons. The molecule has 1 atom stereocenters. The van der Waals surface area contributed by atoms with Crippen molar-refractivity contribution in [3.8, 4) is 0 Å². The molecule has 0 fully saturated rings. The van der Waals surface area contributed by atoms with Crippen LogP contribution in [0.15, 0.2) is 28.7 Å². The molecule has 0 aliphatic carbocycles. The molecule has 1 unspecified atom stereocenters. The molecule has 0 heterocycles. The van der Waals surface area contributed by atoms with Gasteiger partial charge in [0.25, 0.3) is 0 Å². The van der Waals surface area contributed by atoms with E-state index in [4.69, 9.17) is 9.47 Å². The van der Waals surface area contributed by atoms with Crippen molar-refractivity contribution in [1.29, 1.82) is 0 Å². The van der Waals surface area contributed by atoms with Crippen molar-refractivity contribution in [1.82, 2.24) is 0 Å². The first-order valence-corrected chi connectivity index (χ1v) is 8.42. The minimum absolute atomic E-state index is 0.223. The predicted octanol–water partition coefficient (Wildman–Crippen LogP) is 4.57. The van der Waals surface area contributed by atoms with E-state index in [-0.39, 0.29) is 30.9 Å². The average molecular weight is 371 g/mol. The summed E-state index contributed by atoms with van der Waals surface area (Å²) in [4.78, 5) is 23.2. The fourth-order valence-electron chi connectivity index (χ4n) is 1.86. The molecule has 1 aromatic rings. The highest BCUT2D eigenvalue weighted by molar-refractivity contribution is 9.10. The van der Waals surface area contributed by atoms with Crippen molar-refractivity contribution in [3.05, 3.63) is 34.3 Å². The molecule has 1 aromatic carbocycles. The molecular formula is C17H23BrO4. The maximum absolute atomic E-state index is 11.8. The normalized spacial score (nSPS) is 11.8. The fraction of sp³-hybridized carbons (Fsp3) is 0.529. The first-order valence-electron chi connectivity index (χ1n) is 7.63. The minimum atomic E-state index is -0.304. The van der Waals surface area contributed by atoms with Crippen molar-refractivity contribution in [3.63, 3.8) is 0 Å². The Morgan fingerprint density at radius 2 is 1.91 bits per heavy atom. The van der Waals surface area contributed by atoms with E-state index < -0.39 is 0 Å². The summed E-state index contributed by atoms with van der Waals surface area (Å²) >= 11 is 3.39. The summed E-state index contributed by atoms with van der Waals surface area (Å²) in [6.45, 7) is 4.33. The van der Waals surface area contributed by atoms with Gasteiger partial charge in [0.1, 0.15) is 6.10 Å². The molecule has 0 amide bonds. The fourth-order valence-corrected chi connectivity index (χ4v) is 2.28. The van der Waals surface area contributed by atoms with Gasteiger partial charge in [-0.15, -0.1) is 0 Å². The quantitative estimate of drug-likeness (QED) is 0.471. The van der Waals surface area contributed by atoms with Gasteiger partial charge in [-0.05, 0) is 37.5 Å². The van der Waals surface area contributed by atoms with Gasteiger partial charge in [0.2, 0.25) is 0 Å². The standard InChI is InChI=1S/C17H23BrO4/c1-3-4-11-21-16(19)9-6-10-17(20)22-13(2)14-7-5-8-15(18)12-14/h5,7-8,12-13H,3-4,6,9-11H2,1-2H3. The first-order chi connectivity index (χ1) is 10.5. The van der Waals surface area contributed by atoms with Crippen molar-refractivity contribution >= 4 is 27.9 Å². The van der Waals surface area contributed by atoms with Crippen LogP contribution in [0.2, 0.25) is 0 Å². The lowest BCUT2D eigenvalue weighted by atomic mass is 10.1. The van der Waals surface area contributed by atoms with Crippen LogP contribution in [-0.2, 0) is 19.1 Å². The van der Waals surface area contributed by atoms with E-state index in [0.29, 0.717) is 13.0 Å². The van der Waals surface area contributed by atoms with Crippen LogP contribution >= 0.6 is 15.9 Å². The zero-order chi connectivity index (χ0) is 16.4. The number of halogens is 1. The molecule has 0 saturated heterocycles. The second kappa shape index (κ2) is 10.4. The summed E-state index contributed by atoms with van der Waals surface area (Å²) < 4.78 is 11.3. The van der Waals surface area contributed by atoms with Crippen LogP contribution in [0, 0.1) is 0 Å². The summed E-state index contributed by atoms with van der Waals surface area (Å²) in [6, 6.07) is 7.65. The number of carbonyl (C=O) groups is 2. The maximum atomic E-state index is 11.8. The Kier molecular flexibility index (Phi) is 8.82. The third-order valence-corrected chi connectivity index (χ3v) is 3.64. The second-order valence-corrected chi connectivity index (χ2v) is 6.03. The molecule has 0 saturated carbocycles. The Morgan fingerprint density at radius 1 is 1.18 bits per heavy atom. The highest BCUT2D eigenvalue weighted by atomic mass is 79.9. The van der Waals surface area contributed by atoms with E-state index in [2.05, 4.69) is 15.9 Å². The number of hydrogen-bond acceptors (Lipinski definition) is 4. The van der Waals surface area contributed by atoms with Crippen LogP contribution in [0.1, 0.15) is 57.6 Å². The summed E-state index contributed by atoms with van der Waals surface area (Å²) in [7, 11) is 0. The van der Waals surface area contributed by atoms with Gasteiger partial charge in [-0.1, -0.05) is 41.4 Å². The third kappa shape index (κ3) is 7.59. The predicted molar refractivity (Wildman–Crippen MR) is 88.4 cm³/mol. The SMILES string of the molecule is CCCCOC(=O)CCCC(=O)OC(C)c1cccc(Br)c1. The molecule has 0 aliphatic heterocycles. The van der Waals surface area contributed by atoms with Crippen molar-refractivity contribution in [2.75, 3.05) is 6.61 Å². The van der Waals surface area contributed by atoms with E-state index in [0.717, 1.165) is 22.9 Å². The van der Waals surface area contributed by atoms with E-state index >= 15 is 0 Å². The monoisotopic (exact) mass is 370 g/mol. The molecule has 22 heavy (non-hydrogen) atoms. The van der Waals surface area contributed by atoms with Crippen LogP contribution in [0.4, 0.5) is 0 Å². The van der Waals surface area contributed by atoms with Crippen LogP contribution in [0.25, 0.3) is 0 Å². The molecular weight excluding hydrogens is 348 g/mol. The van der Waals surface area contributed by atoms with Crippen LogP contribution in [0.3, 0.4) is 0 Å². The van der Waals surface area contributed by atoms with Gasteiger partial charge >= 0.3 is 11.9 Å². The van der Waals surface area contributed by atoms with Crippen molar-refractivity contribution < 1.29 is 19.1 Å². The molecule has 0 radical (unpaired) electrons. The lowest BCUT2D eigenvalue weighted by molar-refractivity contribution is -0.149. The molecule has 1 rings (SSSR count). The number of unbranched alkanes of at least 4 members (excludes halogenated alkanes) is 1. The van der Waals surface area contributed by atoms with Gasteiger partial charge in [0.15, 0.2) is 0 Å². The maximum Gasteiger partial charge on any atom is 0.306 e. The molecule has 4 nitrogen and oxygen atoms in total. The highest BCUT2D eigenvalue weighted by Gasteiger charge is 2.13. The minimum Gasteiger partial charge on any atom is -0.466 e. The Hall–Kier alpha value is -1.36. The van der Waals surface area contributed by atoms with Gasteiger partial charge in [0, 0.05) is 17.3 Å². The first kappa shape index (κ1) is 18.7. The topological polar surface area (TPSA) is 52.6 Å². The number of benzene rings is 1. The Morgan fingerprint density at radius 3 is 2.59 bits per heavy atom. The zero-order valence-electron chi connectivity index (χ0n) is 13.1. The third-order valence-electron chi connectivity index (χ3n) is 3.15. The van der Waals surface area contributed by atoms with Gasteiger partial charge in [-0.2, -0.15) is 0 Å². The van der Waals surface area contributed by atoms with Gasteiger partial charge in [-0.25, -0.2) is 0 Å². The number of carbonyl (C=O) groups excluding carboxylic acids is 2.